The number of nitrogens with one attached hydrogen (secondary N) is 1. The molecule has 3 aromatic rings. The molecule has 1 fully saturated rings. The van der Waals surface area contributed by atoms with Crippen LogP contribution in [0.3, 0.4) is 0 Å². The van der Waals surface area contributed by atoms with Gasteiger partial charge in [0.25, 0.3) is 5.91 Å². The molecular weight excluding hydrogens is 400 g/mol. The average Bonchev–Trinajstić information content (AvgIpc) is 2.81. The molecule has 164 valence electrons. The van der Waals surface area contributed by atoms with Gasteiger partial charge in [-0.25, -0.2) is 9.97 Å². The summed E-state index contributed by atoms with van der Waals surface area (Å²) in [4.78, 5) is 35.7. The van der Waals surface area contributed by atoms with Crippen molar-refractivity contribution in [2.24, 2.45) is 0 Å². The fourth-order valence-corrected chi connectivity index (χ4v) is 3.86. The van der Waals surface area contributed by atoms with Crippen molar-refractivity contribution in [1.29, 1.82) is 0 Å². The number of rotatable bonds is 6. The highest BCUT2D eigenvalue weighted by atomic mass is 16.2. The van der Waals surface area contributed by atoms with E-state index in [0.717, 1.165) is 41.0 Å². The minimum Gasteiger partial charge on any atom is -0.352 e. The molecule has 1 aromatic heterocycles. The Labute approximate surface area is 188 Å². The number of aromatic nitrogens is 2. The van der Waals surface area contributed by atoms with Crippen LogP contribution in [0.2, 0.25) is 0 Å². The van der Waals surface area contributed by atoms with Crippen LogP contribution >= 0.6 is 0 Å². The second-order valence-corrected chi connectivity index (χ2v) is 8.28. The smallest absolute Gasteiger partial charge is 0.251 e. The standard InChI is InChI=1S/C26H28N4O2/c1-18-6-8-21(9-7-18)22-13-23(15-24(14-22)30-12-4-3-5-25(30)31)26(32)27-11-10-20-16-28-19(2)29-17-20/h6-9,13-17H,3-5,10-12H2,1-2H3,(H,27,32). The summed E-state index contributed by atoms with van der Waals surface area (Å²) in [5.41, 5.74) is 5.44. The molecule has 32 heavy (non-hydrogen) atoms. The fraction of sp³-hybridized carbons (Fsp3) is 0.308. The summed E-state index contributed by atoms with van der Waals surface area (Å²) in [5, 5.41) is 2.99. The Morgan fingerprint density at radius 1 is 1.00 bits per heavy atom. The molecule has 1 aliphatic heterocycles. The van der Waals surface area contributed by atoms with Crippen LogP contribution in [0, 0.1) is 13.8 Å². The minimum absolute atomic E-state index is 0.114. The van der Waals surface area contributed by atoms with Crippen LogP contribution in [0.25, 0.3) is 11.1 Å². The molecule has 0 atom stereocenters. The molecule has 1 saturated heterocycles. The predicted molar refractivity (Wildman–Crippen MR) is 126 cm³/mol. The Balaban J connectivity index is 1.57. The number of nitrogens with zero attached hydrogens (tertiary/aromatic N) is 3. The Kier molecular flexibility index (Phi) is 6.59. The van der Waals surface area contributed by atoms with Crippen molar-refractivity contribution >= 4 is 17.5 Å². The van der Waals surface area contributed by atoms with E-state index in [2.05, 4.69) is 27.4 Å². The molecule has 0 bridgehead atoms. The van der Waals surface area contributed by atoms with Crippen LogP contribution in [-0.2, 0) is 11.2 Å². The summed E-state index contributed by atoms with van der Waals surface area (Å²) in [7, 11) is 0. The van der Waals surface area contributed by atoms with E-state index in [4.69, 9.17) is 0 Å². The van der Waals surface area contributed by atoms with Crippen LogP contribution in [-0.4, -0.2) is 34.9 Å². The number of hydrogen-bond donors (Lipinski definition) is 1. The summed E-state index contributed by atoms with van der Waals surface area (Å²) >= 11 is 0. The molecule has 0 radical (unpaired) electrons. The van der Waals surface area contributed by atoms with Gasteiger partial charge in [-0.1, -0.05) is 29.8 Å². The maximum Gasteiger partial charge on any atom is 0.251 e. The van der Waals surface area contributed by atoms with Crippen molar-refractivity contribution in [2.75, 3.05) is 18.0 Å². The van der Waals surface area contributed by atoms with Gasteiger partial charge in [0, 0.05) is 43.2 Å². The Morgan fingerprint density at radius 3 is 2.47 bits per heavy atom. The van der Waals surface area contributed by atoms with Crippen molar-refractivity contribution < 1.29 is 9.59 Å². The van der Waals surface area contributed by atoms with Gasteiger partial charge in [-0.2, -0.15) is 0 Å². The van der Waals surface area contributed by atoms with E-state index in [1.54, 1.807) is 12.4 Å². The van der Waals surface area contributed by atoms with E-state index in [9.17, 15) is 9.59 Å². The first-order valence-corrected chi connectivity index (χ1v) is 11.1. The summed E-state index contributed by atoms with van der Waals surface area (Å²) < 4.78 is 0. The molecule has 0 saturated carbocycles. The van der Waals surface area contributed by atoms with Gasteiger partial charge in [0.15, 0.2) is 0 Å². The number of anilines is 1. The number of carbonyl (C=O) groups is 2. The summed E-state index contributed by atoms with van der Waals surface area (Å²) in [6.45, 7) is 5.06. The van der Waals surface area contributed by atoms with Gasteiger partial charge >= 0.3 is 0 Å². The van der Waals surface area contributed by atoms with E-state index in [0.29, 0.717) is 31.5 Å². The quantitative estimate of drug-likeness (QED) is 0.637. The van der Waals surface area contributed by atoms with Crippen molar-refractivity contribution in [1.82, 2.24) is 15.3 Å². The van der Waals surface area contributed by atoms with E-state index in [-0.39, 0.29) is 11.8 Å². The van der Waals surface area contributed by atoms with Crippen LogP contribution in [0.15, 0.2) is 54.9 Å². The SMILES string of the molecule is Cc1ccc(-c2cc(C(=O)NCCc3cnc(C)nc3)cc(N3CCCCC3=O)c2)cc1. The van der Waals surface area contributed by atoms with Crippen LogP contribution in [0.1, 0.15) is 46.6 Å². The van der Waals surface area contributed by atoms with Gasteiger partial charge in [0.05, 0.1) is 0 Å². The molecule has 1 N–H and O–H groups in total. The van der Waals surface area contributed by atoms with Crippen LogP contribution < -0.4 is 10.2 Å². The van der Waals surface area contributed by atoms with Crippen LogP contribution in [0.4, 0.5) is 5.69 Å². The second kappa shape index (κ2) is 9.73. The number of hydrogen-bond acceptors (Lipinski definition) is 4. The van der Waals surface area contributed by atoms with Gasteiger partial charge in [-0.05, 0) is 68.0 Å². The lowest BCUT2D eigenvalue weighted by Crippen LogP contribution is -2.35. The van der Waals surface area contributed by atoms with Gasteiger partial charge < -0.3 is 10.2 Å². The zero-order valence-electron chi connectivity index (χ0n) is 18.6. The number of amides is 2. The van der Waals surface area contributed by atoms with E-state index in [1.807, 2.05) is 49.1 Å². The first kappa shape index (κ1) is 21.7. The zero-order chi connectivity index (χ0) is 22.5. The van der Waals surface area contributed by atoms with Crippen molar-refractivity contribution in [2.45, 2.75) is 39.5 Å². The molecule has 6 nitrogen and oxygen atoms in total. The Bertz CT molecular complexity index is 1110. The largest absolute Gasteiger partial charge is 0.352 e. The van der Waals surface area contributed by atoms with Crippen LogP contribution in [0.5, 0.6) is 0 Å². The fourth-order valence-electron chi connectivity index (χ4n) is 3.86. The molecule has 2 heterocycles. The molecular formula is C26H28N4O2. The second-order valence-electron chi connectivity index (χ2n) is 8.28. The van der Waals surface area contributed by atoms with E-state index in [1.165, 1.54) is 5.56 Å². The number of aryl methyl sites for hydroxylation is 2. The molecule has 2 aromatic carbocycles. The molecule has 6 heteroatoms. The summed E-state index contributed by atoms with van der Waals surface area (Å²) in [5.74, 6) is 0.686. The molecule has 0 aliphatic carbocycles. The van der Waals surface area contributed by atoms with Gasteiger partial charge in [-0.3, -0.25) is 9.59 Å². The highest BCUT2D eigenvalue weighted by molar-refractivity contribution is 6.00. The lowest BCUT2D eigenvalue weighted by molar-refractivity contribution is -0.119. The minimum atomic E-state index is -0.155. The third-order valence-corrected chi connectivity index (χ3v) is 5.73. The highest BCUT2D eigenvalue weighted by Crippen LogP contribution is 2.29. The normalized spacial score (nSPS) is 13.8. The van der Waals surface area contributed by atoms with Gasteiger partial charge in [-0.15, -0.1) is 0 Å². The summed E-state index contributed by atoms with van der Waals surface area (Å²) in [6.07, 6.45) is 6.67. The number of piperidine rings is 1. The summed E-state index contributed by atoms with van der Waals surface area (Å²) in [6, 6.07) is 13.9. The Hall–Kier alpha value is -3.54. The third kappa shape index (κ3) is 5.19. The Morgan fingerprint density at radius 2 is 1.75 bits per heavy atom. The first-order valence-electron chi connectivity index (χ1n) is 11.1. The maximum absolute atomic E-state index is 13.0. The molecule has 1 aliphatic rings. The molecule has 0 spiro atoms. The lowest BCUT2D eigenvalue weighted by atomic mass is 9.99. The number of benzene rings is 2. The van der Waals surface area contributed by atoms with Crippen molar-refractivity contribution in [3.05, 3.63) is 77.4 Å². The lowest BCUT2D eigenvalue weighted by Gasteiger charge is -2.27. The zero-order valence-corrected chi connectivity index (χ0v) is 18.6. The molecule has 4 rings (SSSR count). The predicted octanol–water partition coefficient (Wildman–Crippen LogP) is 4.25. The van der Waals surface area contributed by atoms with Gasteiger partial charge in [0.1, 0.15) is 5.82 Å². The molecule has 0 unspecified atom stereocenters. The number of carbonyl (C=O) groups excluding carboxylic acids is 2. The highest BCUT2D eigenvalue weighted by Gasteiger charge is 2.21. The third-order valence-electron chi connectivity index (χ3n) is 5.73. The monoisotopic (exact) mass is 428 g/mol. The van der Waals surface area contributed by atoms with E-state index < -0.39 is 0 Å². The first-order chi connectivity index (χ1) is 15.5. The van der Waals surface area contributed by atoms with Gasteiger partial charge in [0.2, 0.25) is 5.91 Å². The topological polar surface area (TPSA) is 75.2 Å². The van der Waals surface area contributed by atoms with Crippen molar-refractivity contribution in [3.8, 4) is 11.1 Å². The maximum atomic E-state index is 13.0. The molecule has 2 amide bonds. The van der Waals surface area contributed by atoms with Crippen molar-refractivity contribution in [3.63, 3.8) is 0 Å². The average molecular weight is 429 g/mol. The van der Waals surface area contributed by atoms with E-state index >= 15 is 0 Å².